The van der Waals surface area contributed by atoms with Gasteiger partial charge in [0.25, 0.3) is 5.69 Å². The van der Waals surface area contributed by atoms with Gasteiger partial charge in [-0.25, -0.2) is 0 Å². The predicted molar refractivity (Wildman–Crippen MR) is 114 cm³/mol. The average molecular weight is 380 g/mol. The smallest absolute Gasteiger partial charge is 0.269 e. The van der Waals surface area contributed by atoms with Crippen molar-refractivity contribution in [2.45, 2.75) is 58.3 Å². The first-order valence-electron chi connectivity index (χ1n) is 10.2. The molecule has 2 rings (SSSR count). The van der Waals surface area contributed by atoms with E-state index in [-0.39, 0.29) is 5.69 Å². The highest BCUT2D eigenvalue weighted by Gasteiger charge is 2.02. The normalized spacial score (nSPS) is 10.2. The van der Waals surface area contributed by atoms with E-state index in [9.17, 15) is 10.1 Å². The number of non-ortho nitro benzene ring substituents is 1. The van der Waals surface area contributed by atoms with Crippen LogP contribution < -0.4 is 4.74 Å². The van der Waals surface area contributed by atoms with Gasteiger partial charge in [0, 0.05) is 23.3 Å². The van der Waals surface area contributed by atoms with Crippen LogP contribution in [0.15, 0.2) is 48.5 Å². The van der Waals surface area contributed by atoms with E-state index in [2.05, 4.69) is 18.8 Å². The zero-order chi connectivity index (χ0) is 20.0. The maximum Gasteiger partial charge on any atom is 0.269 e. The summed E-state index contributed by atoms with van der Waals surface area (Å²) in [7, 11) is 0. The van der Waals surface area contributed by atoms with Crippen molar-refractivity contribution in [3.8, 4) is 17.6 Å². The maximum atomic E-state index is 10.7. The summed E-state index contributed by atoms with van der Waals surface area (Å²) in [6, 6.07) is 14.0. The molecule has 0 aliphatic heterocycles. The molecule has 0 aliphatic carbocycles. The minimum atomic E-state index is -0.413. The zero-order valence-corrected chi connectivity index (χ0v) is 16.7. The van der Waals surface area contributed by atoms with Crippen LogP contribution in [0.4, 0.5) is 5.69 Å². The van der Waals surface area contributed by atoms with Gasteiger partial charge in [-0.15, -0.1) is 0 Å². The van der Waals surface area contributed by atoms with Gasteiger partial charge in [-0.05, 0) is 42.8 Å². The number of nitro benzene ring substituents is 1. The summed E-state index contributed by atoms with van der Waals surface area (Å²) in [4.78, 5) is 10.2. The van der Waals surface area contributed by atoms with Crippen LogP contribution in [0.2, 0.25) is 0 Å². The van der Waals surface area contributed by atoms with Gasteiger partial charge in [0.05, 0.1) is 11.5 Å². The largest absolute Gasteiger partial charge is 0.494 e. The van der Waals surface area contributed by atoms with Crippen molar-refractivity contribution < 1.29 is 9.66 Å². The number of benzene rings is 2. The highest BCUT2D eigenvalue weighted by Crippen LogP contribution is 2.14. The first-order chi connectivity index (χ1) is 13.7. The summed E-state index contributed by atoms with van der Waals surface area (Å²) in [6.07, 6.45) is 10.3. The molecule has 28 heavy (non-hydrogen) atoms. The Morgan fingerprint density at radius 3 is 1.82 bits per heavy atom. The lowest BCUT2D eigenvalue weighted by atomic mass is 10.1. The van der Waals surface area contributed by atoms with Gasteiger partial charge in [-0.3, -0.25) is 10.1 Å². The molecule has 0 fully saturated rings. The summed E-state index contributed by atoms with van der Waals surface area (Å²) >= 11 is 0. The van der Waals surface area contributed by atoms with E-state index in [1.54, 1.807) is 12.1 Å². The van der Waals surface area contributed by atoms with Crippen LogP contribution in [0.1, 0.15) is 69.4 Å². The fraction of sp³-hybridized carbons (Fsp3) is 0.417. The lowest BCUT2D eigenvalue weighted by Crippen LogP contribution is -1.97. The van der Waals surface area contributed by atoms with Gasteiger partial charge in [-0.1, -0.05) is 63.7 Å². The first-order valence-corrected chi connectivity index (χ1v) is 10.2. The minimum Gasteiger partial charge on any atom is -0.494 e. The molecule has 0 saturated heterocycles. The number of unbranched alkanes of at least 4 members (excludes halogenated alkanes) is 7. The van der Waals surface area contributed by atoms with Crippen molar-refractivity contribution in [2.24, 2.45) is 0 Å². The van der Waals surface area contributed by atoms with Gasteiger partial charge in [0.1, 0.15) is 5.75 Å². The van der Waals surface area contributed by atoms with Gasteiger partial charge in [-0.2, -0.15) is 0 Å². The second-order valence-electron chi connectivity index (χ2n) is 6.90. The molecular weight excluding hydrogens is 350 g/mol. The van der Waals surface area contributed by atoms with Crippen molar-refractivity contribution in [1.29, 1.82) is 0 Å². The lowest BCUT2D eigenvalue weighted by molar-refractivity contribution is -0.384. The summed E-state index contributed by atoms with van der Waals surface area (Å²) in [5, 5.41) is 10.7. The number of hydrogen-bond donors (Lipinski definition) is 0. The van der Waals surface area contributed by atoms with E-state index in [4.69, 9.17) is 4.74 Å². The SMILES string of the molecule is CCCCCCCCCCOc1ccc(C#Cc2ccc([N+](=O)[O-])cc2)cc1. The van der Waals surface area contributed by atoms with Crippen molar-refractivity contribution >= 4 is 5.69 Å². The van der Waals surface area contributed by atoms with Crippen LogP contribution in [0.25, 0.3) is 0 Å². The number of rotatable bonds is 11. The molecule has 4 nitrogen and oxygen atoms in total. The van der Waals surface area contributed by atoms with Crippen LogP contribution in [0, 0.1) is 22.0 Å². The summed E-state index contributed by atoms with van der Waals surface area (Å²) in [6.45, 7) is 3.00. The Bertz CT molecular complexity index is 770. The van der Waals surface area contributed by atoms with Crippen LogP contribution in [0.5, 0.6) is 5.75 Å². The molecule has 2 aromatic rings. The van der Waals surface area contributed by atoms with E-state index in [1.807, 2.05) is 24.3 Å². The quantitative estimate of drug-likeness (QED) is 0.193. The molecule has 0 aliphatic rings. The summed E-state index contributed by atoms with van der Waals surface area (Å²) < 4.78 is 5.79. The van der Waals surface area contributed by atoms with Gasteiger partial charge < -0.3 is 4.74 Å². The van der Waals surface area contributed by atoms with E-state index in [1.165, 1.54) is 57.1 Å². The standard InChI is InChI=1S/C24H29NO3/c1-2-3-4-5-6-7-8-9-20-28-24-18-14-22(15-19-24)11-10-21-12-16-23(17-13-21)25(26)27/h12-19H,2-9,20H2,1H3. The Balaban J connectivity index is 1.68. The van der Waals surface area contributed by atoms with Gasteiger partial charge in [0.15, 0.2) is 0 Å². The molecule has 0 heterocycles. The summed E-state index contributed by atoms with van der Waals surface area (Å²) in [5.41, 5.74) is 1.71. The van der Waals surface area contributed by atoms with Crippen LogP contribution >= 0.6 is 0 Å². The molecule has 148 valence electrons. The van der Waals surface area contributed by atoms with E-state index in [0.717, 1.165) is 29.9 Å². The second-order valence-corrected chi connectivity index (χ2v) is 6.90. The van der Waals surface area contributed by atoms with Crippen molar-refractivity contribution in [3.05, 3.63) is 69.8 Å². The van der Waals surface area contributed by atoms with E-state index in [0.29, 0.717) is 0 Å². The lowest BCUT2D eigenvalue weighted by Gasteiger charge is -2.06. The molecule has 4 heteroatoms. The number of nitrogens with zero attached hydrogens (tertiary/aromatic N) is 1. The minimum absolute atomic E-state index is 0.0727. The van der Waals surface area contributed by atoms with Crippen LogP contribution in [0.3, 0.4) is 0 Å². The first kappa shape index (κ1) is 21.5. The third kappa shape index (κ3) is 8.26. The Hall–Kier alpha value is -2.80. The number of hydrogen-bond acceptors (Lipinski definition) is 3. The highest BCUT2D eigenvalue weighted by molar-refractivity contribution is 5.46. The Kier molecular flexibility index (Phi) is 9.65. The molecule has 0 atom stereocenters. The molecule has 0 bridgehead atoms. The molecule has 0 N–H and O–H groups in total. The molecule has 0 unspecified atom stereocenters. The number of nitro groups is 1. The molecule has 2 aromatic carbocycles. The van der Waals surface area contributed by atoms with Crippen molar-refractivity contribution in [3.63, 3.8) is 0 Å². The van der Waals surface area contributed by atoms with Crippen molar-refractivity contribution in [2.75, 3.05) is 6.61 Å². The van der Waals surface area contributed by atoms with E-state index >= 15 is 0 Å². The second kappa shape index (κ2) is 12.6. The van der Waals surface area contributed by atoms with Gasteiger partial charge in [0.2, 0.25) is 0 Å². The Morgan fingerprint density at radius 1 is 0.786 bits per heavy atom. The molecule has 0 spiro atoms. The van der Waals surface area contributed by atoms with E-state index < -0.39 is 4.92 Å². The fourth-order valence-electron chi connectivity index (χ4n) is 2.87. The molecule has 0 amide bonds. The molecular formula is C24H29NO3. The maximum absolute atomic E-state index is 10.7. The highest BCUT2D eigenvalue weighted by atomic mass is 16.6. The molecule has 0 aromatic heterocycles. The van der Waals surface area contributed by atoms with Crippen LogP contribution in [-0.2, 0) is 0 Å². The molecule has 0 saturated carbocycles. The third-order valence-corrected chi connectivity index (χ3v) is 4.55. The van der Waals surface area contributed by atoms with Gasteiger partial charge >= 0.3 is 0 Å². The van der Waals surface area contributed by atoms with Crippen molar-refractivity contribution in [1.82, 2.24) is 0 Å². The Labute approximate surface area is 168 Å². The predicted octanol–water partition coefficient (Wildman–Crippen LogP) is 6.51. The topological polar surface area (TPSA) is 52.4 Å². The number of ether oxygens (including phenoxy) is 1. The third-order valence-electron chi connectivity index (χ3n) is 4.55. The fourth-order valence-corrected chi connectivity index (χ4v) is 2.87. The Morgan fingerprint density at radius 2 is 1.29 bits per heavy atom. The van der Waals surface area contributed by atoms with Crippen LogP contribution in [-0.4, -0.2) is 11.5 Å². The zero-order valence-electron chi connectivity index (χ0n) is 16.7. The summed E-state index contributed by atoms with van der Waals surface area (Å²) in [5.74, 6) is 6.95. The average Bonchev–Trinajstić information content (AvgIpc) is 2.72. The monoisotopic (exact) mass is 379 g/mol. The molecule has 0 radical (unpaired) electrons.